The lowest BCUT2D eigenvalue weighted by molar-refractivity contribution is 0.130. The molecule has 0 radical (unpaired) electrons. The molecule has 1 heterocycles. The molecule has 0 spiro atoms. The Hall–Kier alpha value is -4.07. The predicted molar refractivity (Wildman–Crippen MR) is 212 cm³/mol. The molecule has 1 aliphatic rings. The van der Waals surface area contributed by atoms with Gasteiger partial charge in [-0.15, -0.1) is 0 Å². The molecule has 0 bridgehead atoms. The van der Waals surface area contributed by atoms with E-state index in [1.807, 2.05) is 0 Å². The van der Waals surface area contributed by atoms with E-state index in [0.717, 1.165) is 6.04 Å². The van der Waals surface area contributed by atoms with Gasteiger partial charge in [-0.3, -0.25) is 0 Å². The average molecular weight is 675 g/mol. The van der Waals surface area contributed by atoms with Crippen LogP contribution < -0.4 is 20.7 Å². The SMILES string of the molecule is Cc1ccc(C2(c3ccc(C)cc3)C[Si](c3ccc(C)cc3)(c3ccc(C)cc3)[SiH2][Si](c3ccc(C)cc3)(c3ccc(C)cc3)O2)cc1. The summed E-state index contributed by atoms with van der Waals surface area (Å²) >= 11 is 0. The van der Waals surface area contributed by atoms with Crippen molar-refractivity contribution in [3.63, 3.8) is 0 Å². The molecule has 240 valence electrons. The zero-order chi connectivity index (χ0) is 33.5. The van der Waals surface area contributed by atoms with E-state index >= 15 is 0 Å². The maximum Gasteiger partial charge on any atom is 0.233 e. The Balaban J connectivity index is 1.65. The topological polar surface area (TPSA) is 9.23 Å². The van der Waals surface area contributed by atoms with Gasteiger partial charge in [-0.1, -0.05) is 189 Å². The second-order valence-corrected chi connectivity index (χ2v) is 32.3. The third-order valence-corrected chi connectivity index (χ3v) is 38.3. The van der Waals surface area contributed by atoms with Crippen LogP contribution in [-0.4, -0.2) is 24.0 Å². The van der Waals surface area contributed by atoms with Crippen molar-refractivity contribution in [2.45, 2.75) is 53.2 Å². The van der Waals surface area contributed by atoms with Crippen LogP contribution in [0, 0.1) is 41.5 Å². The van der Waals surface area contributed by atoms with Gasteiger partial charge in [0.2, 0.25) is 7.83 Å². The number of benzene rings is 6. The van der Waals surface area contributed by atoms with Crippen molar-refractivity contribution < 1.29 is 4.43 Å². The van der Waals surface area contributed by atoms with E-state index in [0.29, 0.717) is 0 Å². The molecule has 0 unspecified atom stereocenters. The van der Waals surface area contributed by atoms with Gasteiger partial charge >= 0.3 is 0 Å². The molecule has 0 amide bonds. The maximum atomic E-state index is 8.35. The first-order valence-corrected chi connectivity index (χ1v) is 26.0. The molecule has 1 saturated heterocycles. The highest BCUT2D eigenvalue weighted by atomic mass is 29.6. The van der Waals surface area contributed by atoms with Crippen molar-refractivity contribution >= 4 is 44.7 Å². The minimum Gasteiger partial charge on any atom is -0.398 e. The minimum atomic E-state index is -2.84. The number of rotatable bonds is 6. The summed E-state index contributed by atoms with van der Waals surface area (Å²) in [5.41, 5.74) is 9.62. The van der Waals surface area contributed by atoms with Crippen molar-refractivity contribution in [1.82, 2.24) is 0 Å². The molecule has 0 N–H and O–H groups in total. The van der Waals surface area contributed by atoms with Gasteiger partial charge in [0.25, 0.3) is 0 Å². The predicted octanol–water partition coefficient (Wildman–Crippen LogP) is 7.00. The monoisotopic (exact) mass is 674 g/mol. The molecule has 1 fully saturated rings. The first kappa shape index (κ1) is 32.5. The molecule has 1 nitrogen and oxygen atoms in total. The van der Waals surface area contributed by atoms with Crippen LogP contribution in [0.1, 0.15) is 44.5 Å². The fourth-order valence-corrected chi connectivity index (χ4v) is 43.4. The summed E-state index contributed by atoms with van der Waals surface area (Å²) in [6, 6.07) is 57.8. The third kappa shape index (κ3) is 5.81. The van der Waals surface area contributed by atoms with Crippen molar-refractivity contribution in [1.29, 1.82) is 0 Å². The average Bonchev–Trinajstić information content (AvgIpc) is 3.09. The molecular formula is C44H46OSi3. The highest BCUT2D eigenvalue weighted by Gasteiger charge is 2.62. The highest BCUT2D eigenvalue weighted by Crippen LogP contribution is 2.46. The molecule has 0 aromatic heterocycles. The van der Waals surface area contributed by atoms with Crippen molar-refractivity contribution in [2.75, 3.05) is 0 Å². The van der Waals surface area contributed by atoms with Gasteiger partial charge in [-0.2, -0.15) is 0 Å². The van der Waals surface area contributed by atoms with E-state index in [4.69, 9.17) is 4.43 Å². The van der Waals surface area contributed by atoms with Gasteiger partial charge in [0, 0.05) is 0 Å². The van der Waals surface area contributed by atoms with Gasteiger partial charge < -0.3 is 4.43 Å². The fourth-order valence-electron chi connectivity index (χ4n) is 7.87. The number of aryl methyl sites for hydroxylation is 6. The van der Waals surface area contributed by atoms with E-state index in [1.165, 1.54) is 54.9 Å². The molecule has 0 saturated carbocycles. The Morgan fingerprint density at radius 2 is 0.667 bits per heavy atom. The normalized spacial score (nSPS) is 16.9. The summed E-state index contributed by atoms with van der Waals surface area (Å²) in [5.74, 6) is 0. The molecule has 7 rings (SSSR count). The molecular weight excluding hydrogens is 629 g/mol. The quantitative estimate of drug-likeness (QED) is 0.173. The summed E-state index contributed by atoms with van der Waals surface area (Å²) < 4.78 is 8.35. The molecule has 6 aromatic carbocycles. The Morgan fingerprint density at radius 3 is 0.979 bits per heavy atom. The van der Waals surface area contributed by atoms with Crippen LogP contribution in [0.4, 0.5) is 0 Å². The summed E-state index contributed by atoms with van der Waals surface area (Å²) in [6.45, 7) is 13.2. The molecule has 1 aliphatic heterocycles. The van der Waals surface area contributed by atoms with Crippen LogP contribution in [0.25, 0.3) is 0 Å². The lowest BCUT2D eigenvalue weighted by Crippen LogP contribution is -2.84. The van der Waals surface area contributed by atoms with Gasteiger partial charge in [0.15, 0.2) is 0 Å². The summed E-state index contributed by atoms with van der Waals surface area (Å²) in [4.78, 5) is 0. The standard InChI is InChI=1S/C44H46OSi3/c1-32-7-19-38(20-8-32)44(39-21-9-33(2)10-22-39)31-47(40-23-11-34(3)12-24-40,41-25-13-35(4)14-26-41)46-48(45-44,42-27-15-36(5)16-28-42)43-29-17-37(6)18-30-43/h7-30H,31,46H2,1-6H3. The van der Waals surface area contributed by atoms with Crippen molar-refractivity contribution in [2.24, 2.45) is 0 Å². The smallest absolute Gasteiger partial charge is 0.233 e. The van der Waals surface area contributed by atoms with E-state index in [2.05, 4.69) is 187 Å². The Bertz CT molecular complexity index is 1620. The zero-order valence-electron chi connectivity index (χ0n) is 29.2. The third-order valence-electron chi connectivity index (χ3n) is 10.7. The van der Waals surface area contributed by atoms with Gasteiger partial charge in [0.1, 0.15) is 13.2 Å². The van der Waals surface area contributed by atoms with Gasteiger partial charge in [-0.05, 0) is 69.1 Å². The largest absolute Gasteiger partial charge is 0.398 e. The van der Waals surface area contributed by atoms with E-state index in [-0.39, 0.29) is 0 Å². The van der Waals surface area contributed by atoms with E-state index in [9.17, 15) is 0 Å². The van der Waals surface area contributed by atoms with Gasteiger partial charge in [-0.25, -0.2) is 0 Å². The van der Waals surface area contributed by atoms with E-state index in [1.54, 1.807) is 10.4 Å². The first-order chi connectivity index (χ1) is 23.1. The Labute approximate surface area is 291 Å². The molecule has 48 heavy (non-hydrogen) atoms. The summed E-state index contributed by atoms with van der Waals surface area (Å²) in [5, 5.41) is 5.91. The van der Waals surface area contributed by atoms with Crippen LogP contribution in [0.15, 0.2) is 146 Å². The lowest BCUT2D eigenvalue weighted by atomic mass is 9.87. The first-order valence-electron chi connectivity index (χ1n) is 17.3. The molecule has 6 aromatic rings. The minimum absolute atomic E-state index is 0.628. The summed E-state index contributed by atoms with van der Waals surface area (Å²) in [6.07, 6.45) is 0. The van der Waals surface area contributed by atoms with Crippen LogP contribution >= 0.6 is 0 Å². The molecule has 4 heteroatoms. The van der Waals surface area contributed by atoms with E-state index < -0.39 is 29.6 Å². The highest BCUT2D eigenvalue weighted by molar-refractivity contribution is 7.63. The fraction of sp³-hybridized carbons (Fsp3) is 0.182. The molecule has 0 atom stereocenters. The van der Waals surface area contributed by atoms with Gasteiger partial charge in [0.05, 0.1) is 8.55 Å². The summed E-state index contributed by atoms with van der Waals surface area (Å²) in [7, 11) is -6.26. The Morgan fingerprint density at radius 1 is 0.396 bits per heavy atom. The molecule has 0 aliphatic carbocycles. The number of hydrogen-bond donors (Lipinski definition) is 0. The lowest BCUT2D eigenvalue weighted by Gasteiger charge is -2.56. The van der Waals surface area contributed by atoms with Crippen LogP contribution in [-0.2, 0) is 10.0 Å². The second-order valence-electron chi connectivity index (χ2n) is 14.4. The van der Waals surface area contributed by atoms with Crippen molar-refractivity contribution in [3.05, 3.63) is 190 Å². The van der Waals surface area contributed by atoms with Crippen molar-refractivity contribution in [3.8, 4) is 0 Å². The second kappa shape index (κ2) is 12.8. The Kier molecular flexibility index (Phi) is 8.63. The van der Waals surface area contributed by atoms with Crippen LogP contribution in [0.2, 0.25) is 6.04 Å². The maximum absolute atomic E-state index is 8.35. The zero-order valence-corrected chi connectivity index (χ0v) is 32.6. The van der Waals surface area contributed by atoms with Crippen LogP contribution in [0.3, 0.4) is 0 Å². The number of hydrogen-bond acceptors (Lipinski definition) is 1. The van der Waals surface area contributed by atoms with Crippen LogP contribution in [0.5, 0.6) is 0 Å².